The van der Waals surface area contributed by atoms with Crippen LogP contribution in [0.15, 0.2) is 36.4 Å². The van der Waals surface area contributed by atoms with Gasteiger partial charge < -0.3 is 19.5 Å². The average molecular weight is 318 g/mol. The van der Waals surface area contributed by atoms with Gasteiger partial charge in [-0.1, -0.05) is 24.3 Å². The zero-order valence-electron chi connectivity index (χ0n) is 11.9. The predicted molar refractivity (Wildman–Crippen MR) is 84.2 cm³/mol. The van der Waals surface area contributed by atoms with Gasteiger partial charge in [-0.05, 0) is 17.2 Å². The average Bonchev–Trinajstić information content (AvgIpc) is 2.99. The topological polar surface area (TPSA) is 39.7 Å². The van der Waals surface area contributed by atoms with Crippen molar-refractivity contribution in [2.45, 2.75) is 18.5 Å². The minimum atomic E-state index is 0. The Labute approximate surface area is 134 Å². The number of nitrogens with one attached hydrogen (secondary N) is 1. The van der Waals surface area contributed by atoms with E-state index in [1.165, 1.54) is 16.7 Å². The van der Waals surface area contributed by atoms with Gasteiger partial charge in [-0.3, -0.25) is 0 Å². The summed E-state index contributed by atoms with van der Waals surface area (Å²) < 4.78 is 16.9. The Morgan fingerprint density at radius 1 is 0.909 bits per heavy atom. The van der Waals surface area contributed by atoms with Gasteiger partial charge in [0.2, 0.25) is 6.79 Å². The minimum Gasteiger partial charge on any atom is -0.491 e. The van der Waals surface area contributed by atoms with Crippen molar-refractivity contribution in [1.82, 2.24) is 5.32 Å². The largest absolute Gasteiger partial charge is 0.491 e. The van der Waals surface area contributed by atoms with Crippen LogP contribution in [-0.4, -0.2) is 19.4 Å². The summed E-state index contributed by atoms with van der Waals surface area (Å²) in [5, 5.41) is 3.59. The van der Waals surface area contributed by atoms with Gasteiger partial charge in [0, 0.05) is 24.1 Å². The third kappa shape index (κ3) is 1.87. The molecule has 22 heavy (non-hydrogen) atoms. The molecule has 2 aromatic carbocycles. The van der Waals surface area contributed by atoms with Gasteiger partial charge in [-0.25, -0.2) is 0 Å². The van der Waals surface area contributed by atoms with E-state index in [0.29, 0.717) is 25.4 Å². The Balaban J connectivity index is 0.00000125. The van der Waals surface area contributed by atoms with E-state index in [9.17, 15) is 0 Å². The van der Waals surface area contributed by atoms with E-state index in [-0.39, 0.29) is 12.4 Å². The number of benzene rings is 2. The third-order valence-corrected chi connectivity index (χ3v) is 4.61. The number of rotatable bonds is 0. The Morgan fingerprint density at radius 2 is 1.73 bits per heavy atom. The predicted octanol–water partition coefficient (Wildman–Crippen LogP) is 2.83. The second kappa shape index (κ2) is 5.07. The first-order valence-electron chi connectivity index (χ1n) is 7.28. The molecule has 0 bridgehead atoms. The Kier molecular flexibility index (Phi) is 3.17. The monoisotopic (exact) mass is 317 g/mol. The van der Waals surface area contributed by atoms with Crippen LogP contribution in [0, 0.1) is 0 Å². The normalized spacial score (nSPS) is 23.5. The number of halogens is 1. The first-order valence-corrected chi connectivity index (χ1v) is 7.28. The quantitative estimate of drug-likeness (QED) is 0.811. The van der Waals surface area contributed by atoms with Gasteiger partial charge in [0.05, 0.1) is 6.04 Å². The lowest BCUT2D eigenvalue weighted by Gasteiger charge is -2.39. The molecule has 3 aliphatic rings. The fraction of sp³-hybridized carbons (Fsp3) is 0.294. The summed E-state index contributed by atoms with van der Waals surface area (Å²) in [4.78, 5) is 0. The first kappa shape index (κ1) is 13.7. The second-order valence-corrected chi connectivity index (χ2v) is 5.72. The van der Waals surface area contributed by atoms with Crippen LogP contribution in [0.5, 0.6) is 17.2 Å². The highest BCUT2D eigenvalue weighted by Crippen LogP contribution is 2.47. The van der Waals surface area contributed by atoms with Crippen LogP contribution in [0.25, 0.3) is 0 Å². The van der Waals surface area contributed by atoms with E-state index >= 15 is 0 Å². The molecule has 2 aromatic rings. The van der Waals surface area contributed by atoms with Crippen molar-refractivity contribution in [3.8, 4) is 17.2 Å². The summed E-state index contributed by atoms with van der Waals surface area (Å²) in [5.41, 5.74) is 3.95. The highest BCUT2D eigenvalue weighted by atomic mass is 35.5. The molecule has 0 fully saturated rings. The molecular formula is C17H16ClNO3. The maximum atomic E-state index is 5.94. The smallest absolute Gasteiger partial charge is 0.231 e. The number of hydrogen-bond donors (Lipinski definition) is 1. The molecule has 0 amide bonds. The van der Waals surface area contributed by atoms with E-state index in [0.717, 1.165) is 23.8 Å². The molecule has 2 atom stereocenters. The van der Waals surface area contributed by atoms with Crippen LogP contribution < -0.4 is 19.5 Å². The maximum absolute atomic E-state index is 5.94. The lowest BCUT2D eigenvalue weighted by atomic mass is 9.78. The molecular weight excluding hydrogens is 302 g/mol. The van der Waals surface area contributed by atoms with Crippen molar-refractivity contribution in [2.75, 3.05) is 13.4 Å². The van der Waals surface area contributed by atoms with Gasteiger partial charge in [-0.2, -0.15) is 0 Å². The molecule has 0 aliphatic carbocycles. The molecule has 3 aliphatic heterocycles. The molecule has 0 aromatic heterocycles. The molecule has 5 rings (SSSR count). The number of ether oxygens (including phenoxy) is 3. The molecule has 5 heteroatoms. The Morgan fingerprint density at radius 3 is 2.64 bits per heavy atom. The minimum absolute atomic E-state index is 0. The fourth-order valence-corrected chi connectivity index (χ4v) is 3.60. The summed E-state index contributed by atoms with van der Waals surface area (Å²) in [5.74, 6) is 2.83. The maximum Gasteiger partial charge on any atom is 0.231 e. The number of hydrogen-bond acceptors (Lipinski definition) is 4. The van der Waals surface area contributed by atoms with Crippen LogP contribution in [0.4, 0.5) is 0 Å². The van der Waals surface area contributed by atoms with Gasteiger partial charge >= 0.3 is 0 Å². The first-order chi connectivity index (χ1) is 10.4. The Bertz CT molecular complexity index is 734. The summed E-state index contributed by atoms with van der Waals surface area (Å²) in [6.45, 7) is 1.88. The van der Waals surface area contributed by atoms with Crippen LogP contribution in [0.1, 0.15) is 22.6 Å². The summed E-state index contributed by atoms with van der Waals surface area (Å²) in [6.07, 6.45) is 0. The second-order valence-electron chi connectivity index (χ2n) is 5.72. The van der Waals surface area contributed by atoms with Crippen LogP contribution in [0.3, 0.4) is 0 Å². The molecule has 4 nitrogen and oxygen atoms in total. The van der Waals surface area contributed by atoms with Crippen molar-refractivity contribution < 1.29 is 14.2 Å². The zero-order valence-corrected chi connectivity index (χ0v) is 12.7. The molecule has 0 radical (unpaired) electrons. The van der Waals surface area contributed by atoms with Gasteiger partial charge in [0.25, 0.3) is 0 Å². The summed E-state index contributed by atoms with van der Waals surface area (Å²) in [7, 11) is 0. The molecule has 0 unspecified atom stereocenters. The van der Waals surface area contributed by atoms with Crippen LogP contribution in [-0.2, 0) is 6.54 Å². The molecule has 0 saturated heterocycles. The molecule has 1 N–H and O–H groups in total. The molecule has 0 spiro atoms. The van der Waals surface area contributed by atoms with E-state index in [1.54, 1.807) is 0 Å². The van der Waals surface area contributed by atoms with Gasteiger partial charge in [0.1, 0.15) is 12.4 Å². The highest BCUT2D eigenvalue weighted by Gasteiger charge is 2.37. The lowest BCUT2D eigenvalue weighted by molar-refractivity contribution is 0.173. The standard InChI is InChI=1S/C17H15NO3.ClH/c1-2-4-11-10(3-1)7-18-13-8-19-14-6-16-15(20-9-21-16)5-12(14)17(11)13;/h1-6,13,17-18H,7-9H2;1H/t13-,17-;/m0./s1. The number of fused-ring (bicyclic) bond motifs is 6. The highest BCUT2D eigenvalue weighted by molar-refractivity contribution is 5.85. The fourth-order valence-electron chi connectivity index (χ4n) is 3.60. The zero-order chi connectivity index (χ0) is 13.8. The Hall–Kier alpha value is -1.91. The third-order valence-electron chi connectivity index (χ3n) is 4.61. The van der Waals surface area contributed by atoms with Gasteiger partial charge in [-0.15, -0.1) is 12.4 Å². The van der Waals surface area contributed by atoms with E-state index < -0.39 is 0 Å². The lowest BCUT2D eigenvalue weighted by Crippen LogP contribution is -2.46. The SMILES string of the molecule is Cl.c1ccc2c(c1)CN[C@H]1COc3cc4c(cc3[C@H]21)OCO4. The molecule has 3 heterocycles. The van der Waals surface area contributed by atoms with Crippen LogP contribution in [0.2, 0.25) is 0 Å². The van der Waals surface area contributed by atoms with Crippen molar-refractivity contribution in [3.63, 3.8) is 0 Å². The van der Waals surface area contributed by atoms with Crippen molar-refractivity contribution in [3.05, 3.63) is 53.1 Å². The van der Waals surface area contributed by atoms with Crippen molar-refractivity contribution in [1.29, 1.82) is 0 Å². The van der Waals surface area contributed by atoms with E-state index in [2.05, 4.69) is 35.6 Å². The van der Waals surface area contributed by atoms with E-state index in [1.807, 2.05) is 6.07 Å². The van der Waals surface area contributed by atoms with Crippen molar-refractivity contribution in [2.24, 2.45) is 0 Å². The van der Waals surface area contributed by atoms with E-state index in [4.69, 9.17) is 14.2 Å². The van der Waals surface area contributed by atoms with Crippen LogP contribution >= 0.6 is 12.4 Å². The summed E-state index contributed by atoms with van der Waals surface area (Å²) >= 11 is 0. The van der Waals surface area contributed by atoms with Crippen molar-refractivity contribution >= 4 is 12.4 Å². The molecule has 114 valence electrons. The summed E-state index contributed by atoms with van der Waals surface area (Å²) in [6, 6.07) is 13.0. The van der Waals surface area contributed by atoms with Gasteiger partial charge in [0.15, 0.2) is 11.5 Å². The molecule has 0 saturated carbocycles.